The minimum Gasteiger partial charge on any atom is -0.480 e. The first-order valence-electron chi connectivity index (χ1n) is 7.42. The first-order chi connectivity index (χ1) is 10.5. The van der Waals surface area contributed by atoms with Crippen molar-refractivity contribution in [3.05, 3.63) is 35.6 Å². The van der Waals surface area contributed by atoms with Crippen molar-refractivity contribution in [2.24, 2.45) is 0 Å². The number of nitrogens with zero attached hydrogens (tertiary/aromatic N) is 2. The highest BCUT2D eigenvalue weighted by molar-refractivity contribution is 5.85. The summed E-state index contributed by atoms with van der Waals surface area (Å²) < 4.78 is 13.2. The molecule has 1 rings (SSSR count). The summed E-state index contributed by atoms with van der Waals surface area (Å²) in [5.41, 5.74) is 0.718. The maximum atomic E-state index is 13.2. The van der Waals surface area contributed by atoms with Crippen molar-refractivity contribution in [1.29, 1.82) is 0 Å². The van der Waals surface area contributed by atoms with E-state index < -0.39 is 5.97 Å². The molecule has 7 heteroatoms. The van der Waals surface area contributed by atoms with Crippen LogP contribution in [0.3, 0.4) is 0 Å². The average Bonchev–Trinajstić information content (AvgIpc) is 2.44. The summed E-state index contributed by atoms with van der Waals surface area (Å²) in [7, 11) is 0. The Labute approximate surface area is 142 Å². The highest BCUT2D eigenvalue weighted by Crippen LogP contribution is 2.08. The molecule has 0 radical (unpaired) electrons. The summed E-state index contributed by atoms with van der Waals surface area (Å²) in [6, 6.07) is 6.13. The number of likely N-dealkylation sites (N-methyl/N-ethyl adjacent to an activating group) is 1. The fraction of sp³-hybridized carbons (Fsp3) is 0.500. The zero-order chi connectivity index (χ0) is 16.5. The van der Waals surface area contributed by atoms with Crippen LogP contribution >= 0.6 is 12.4 Å². The molecule has 0 aliphatic heterocycles. The number of carboxylic acids is 1. The lowest BCUT2D eigenvalue weighted by Crippen LogP contribution is -2.42. The molecule has 0 spiro atoms. The van der Waals surface area contributed by atoms with E-state index in [1.807, 2.05) is 13.8 Å². The van der Waals surface area contributed by atoms with Gasteiger partial charge in [0.15, 0.2) is 0 Å². The number of rotatable bonds is 9. The molecule has 0 saturated carbocycles. The van der Waals surface area contributed by atoms with Gasteiger partial charge in [0.1, 0.15) is 5.82 Å². The van der Waals surface area contributed by atoms with Gasteiger partial charge in [0.2, 0.25) is 5.91 Å². The molecular formula is C16H24ClFN2O3. The zero-order valence-corrected chi connectivity index (χ0v) is 14.3. The molecule has 130 valence electrons. The van der Waals surface area contributed by atoms with Crippen LogP contribution in [0.25, 0.3) is 0 Å². The Balaban J connectivity index is 0.00000484. The lowest BCUT2D eigenvalue weighted by Gasteiger charge is -2.25. The second-order valence-electron chi connectivity index (χ2n) is 5.14. The number of hydrogen-bond donors (Lipinski definition) is 1. The van der Waals surface area contributed by atoms with Gasteiger partial charge in [-0.15, -0.1) is 12.4 Å². The zero-order valence-electron chi connectivity index (χ0n) is 13.5. The number of hydrogen-bond acceptors (Lipinski definition) is 3. The minimum absolute atomic E-state index is 0. The van der Waals surface area contributed by atoms with Crippen LogP contribution < -0.4 is 0 Å². The molecule has 1 amide bonds. The van der Waals surface area contributed by atoms with Crippen LogP contribution in [-0.4, -0.2) is 53.0 Å². The third-order valence-corrected chi connectivity index (χ3v) is 3.25. The van der Waals surface area contributed by atoms with Gasteiger partial charge in [-0.25, -0.2) is 4.39 Å². The predicted octanol–water partition coefficient (Wildman–Crippen LogP) is 2.39. The highest BCUT2D eigenvalue weighted by Gasteiger charge is 2.18. The summed E-state index contributed by atoms with van der Waals surface area (Å²) >= 11 is 0. The van der Waals surface area contributed by atoms with Crippen molar-refractivity contribution in [3.8, 4) is 0 Å². The van der Waals surface area contributed by atoms with Gasteiger partial charge in [-0.1, -0.05) is 19.1 Å². The third-order valence-electron chi connectivity index (χ3n) is 3.25. The SMILES string of the molecule is CCCN(CC(=O)O)CC(=O)N(CC)Cc1cccc(F)c1.Cl. The van der Waals surface area contributed by atoms with Crippen LogP contribution in [0.1, 0.15) is 25.8 Å². The van der Waals surface area contributed by atoms with Crippen molar-refractivity contribution in [1.82, 2.24) is 9.80 Å². The van der Waals surface area contributed by atoms with Crippen LogP contribution in [0.15, 0.2) is 24.3 Å². The van der Waals surface area contributed by atoms with Gasteiger partial charge in [-0.2, -0.15) is 0 Å². The molecule has 0 aliphatic rings. The summed E-state index contributed by atoms with van der Waals surface area (Å²) in [5.74, 6) is -1.43. The van der Waals surface area contributed by atoms with Crippen LogP contribution in [0.2, 0.25) is 0 Å². The number of carboxylic acid groups (broad SMARTS) is 1. The Kier molecular flexibility index (Phi) is 10.2. The second-order valence-corrected chi connectivity index (χ2v) is 5.14. The van der Waals surface area contributed by atoms with Gasteiger partial charge in [0.25, 0.3) is 0 Å². The molecular weight excluding hydrogens is 323 g/mol. The van der Waals surface area contributed by atoms with Crippen molar-refractivity contribution < 1.29 is 19.1 Å². The van der Waals surface area contributed by atoms with Gasteiger partial charge in [0, 0.05) is 13.1 Å². The standard InChI is InChI=1S/C16H23FN2O3.ClH/c1-3-8-18(12-16(21)22)11-15(20)19(4-2)10-13-6-5-7-14(17)9-13;/h5-7,9H,3-4,8,10-12H2,1-2H3,(H,21,22);1H. The van der Waals surface area contributed by atoms with Gasteiger partial charge in [-0.05, 0) is 37.6 Å². The number of carbonyl (C=O) groups is 2. The van der Waals surface area contributed by atoms with Crippen molar-refractivity contribution in [2.75, 3.05) is 26.2 Å². The fourth-order valence-corrected chi connectivity index (χ4v) is 2.24. The number of carbonyl (C=O) groups excluding carboxylic acids is 1. The first kappa shape index (κ1) is 21.3. The van der Waals surface area contributed by atoms with Crippen molar-refractivity contribution in [2.45, 2.75) is 26.8 Å². The monoisotopic (exact) mass is 346 g/mol. The smallest absolute Gasteiger partial charge is 0.317 e. The molecule has 1 N–H and O–H groups in total. The Morgan fingerprint density at radius 2 is 1.91 bits per heavy atom. The van der Waals surface area contributed by atoms with Crippen LogP contribution in [0, 0.1) is 5.82 Å². The number of benzene rings is 1. The van der Waals surface area contributed by atoms with E-state index in [-0.39, 0.29) is 37.2 Å². The molecule has 0 heterocycles. The largest absolute Gasteiger partial charge is 0.480 e. The summed E-state index contributed by atoms with van der Waals surface area (Å²) in [5, 5.41) is 8.88. The van der Waals surface area contributed by atoms with Crippen molar-refractivity contribution in [3.63, 3.8) is 0 Å². The normalized spacial score (nSPS) is 10.3. The average molecular weight is 347 g/mol. The summed E-state index contributed by atoms with van der Waals surface area (Å²) in [4.78, 5) is 26.4. The van der Waals surface area contributed by atoms with E-state index in [9.17, 15) is 14.0 Å². The molecule has 23 heavy (non-hydrogen) atoms. The van der Waals surface area contributed by atoms with E-state index in [0.29, 0.717) is 19.6 Å². The van der Waals surface area contributed by atoms with Gasteiger partial charge in [-0.3, -0.25) is 14.5 Å². The summed E-state index contributed by atoms with van der Waals surface area (Å²) in [6.07, 6.45) is 0.774. The summed E-state index contributed by atoms with van der Waals surface area (Å²) in [6.45, 7) is 5.04. The predicted molar refractivity (Wildman–Crippen MR) is 89.1 cm³/mol. The molecule has 0 atom stereocenters. The molecule has 1 aromatic carbocycles. The third kappa shape index (κ3) is 7.95. The molecule has 0 fully saturated rings. The molecule has 5 nitrogen and oxygen atoms in total. The Hall–Kier alpha value is -1.66. The quantitative estimate of drug-likeness (QED) is 0.746. The van der Waals surface area contributed by atoms with Crippen LogP contribution in [0.4, 0.5) is 4.39 Å². The Morgan fingerprint density at radius 3 is 2.43 bits per heavy atom. The van der Waals surface area contributed by atoms with Gasteiger partial charge >= 0.3 is 5.97 Å². The minimum atomic E-state index is -0.950. The van der Waals surface area contributed by atoms with E-state index in [1.165, 1.54) is 12.1 Å². The van der Waals surface area contributed by atoms with E-state index >= 15 is 0 Å². The highest BCUT2D eigenvalue weighted by atomic mass is 35.5. The lowest BCUT2D eigenvalue weighted by molar-refractivity contribution is -0.139. The Bertz CT molecular complexity index is 514. The van der Waals surface area contributed by atoms with E-state index in [4.69, 9.17) is 5.11 Å². The first-order valence-corrected chi connectivity index (χ1v) is 7.42. The van der Waals surface area contributed by atoms with E-state index in [1.54, 1.807) is 21.9 Å². The molecule has 0 aliphatic carbocycles. The number of halogens is 2. The van der Waals surface area contributed by atoms with Crippen molar-refractivity contribution >= 4 is 24.3 Å². The molecule has 0 bridgehead atoms. The van der Waals surface area contributed by atoms with Crippen LogP contribution in [0.5, 0.6) is 0 Å². The topological polar surface area (TPSA) is 60.9 Å². The van der Waals surface area contributed by atoms with Gasteiger partial charge in [0.05, 0.1) is 13.1 Å². The van der Waals surface area contributed by atoms with Gasteiger partial charge < -0.3 is 10.0 Å². The number of amides is 1. The Morgan fingerprint density at radius 1 is 1.22 bits per heavy atom. The maximum Gasteiger partial charge on any atom is 0.317 e. The second kappa shape index (κ2) is 11.0. The van der Waals surface area contributed by atoms with E-state index in [0.717, 1.165) is 12.0 Å². The van der Waals surface area contributed by atoms with Crippen LogP contribution in [-0.2, 0) is 16.1 Å². The molecule has 0 saturated heterocycles. The molecule has 0 aromatic heterocycles. The number of aliphatic carboxylic acids is 1. The maximum absolute atomic E-state index is 13.2. The lowest BCUT2D eigenvalue weighted by atomic mass is 10.2. The van der Waals surface area contributed by atoms with E-state index in [2.05, 4.69) is 0 Å². The molecule has 1 aromatic rings. The fourth-order valence-electron chi connectivity index (χ4n) is 2.24. The molecule has 0 unspecified atom stereocenters.